The summed E-state index contributed by atoms with van der Waals surface area (Å²) in [5, 5.41) is 5.79. The summed E-state index contributed by atoms with van der Waals surface area (Å²) in [7, 11) is 0. The van der Waals surface area contributed by atoms with Crippen LogP contribution in [0.2, 0.25) is 0 Å². The Hall–Kier alpha value is -3.15. The third-order valence-electron chi connectivity index (χ3n) is 5.51. The molecule has 35 heavy (non-hydrogen) atoms. The molecule has 0 radical (unpaired) electrons. The maximum Gasteiger partial charge on any atom is 0.408 e. The van der Waals surface area contributed by atoms with E-state index in [0.29, 0.717) is 17.5 Å². The maximum atomic E-state index is 13.9. The molecule has 0 bridgehead atoms. The Labute approximate surface area is 209 Å². The molecule has 0 spiro atoms. The number of alkyl carbamates (subject to hydrolysis) is 1. The Morgan fingerprint density at radius 2 is 1.60 bits per heavy atom. The van der Waals surface area contributed by atoms with Gasteiger partial charge in [-0.2, -0.15) is 0 Å². The second kappa shape index (κ2) is 11.5. The first-order chi connectivity index (χ1) is 16.2. The zero-order valence-electron chi connectivity index (χ0n) is 22.0. The van der Waals surface area contributed by atoms with Crippen molar-refractivity contribution in [3.63, 3.8) is 0 Å². The van der Waals surface area contributed by atoms with Gasteiger partial charge in [-0.25, -0.2) is 9.18 Å². The minimum absolute atomic E-state index is 0.0757. The van der Waals surface area contributed by atoms with Crippen LogP contribution in [0.15, 0.2) is 49.0 Å². The van der Waals surface area contributed by atoms with Gasteiger partial charge in [0.2, 0.25) is 5.91 Å². The molecule has 0 aromatic heterocycles. The molecule has 5 nitrogen and oxygen atoms in total. The van der Waals surface area contributed by atoms with E-state index in [-0.39, 0.29) is 17.3 Å². The number of carbonyl (C=O) groups excluding carboxylic acids is 2. The molecular weight excluding hydrogens is 443 g/mol. The Bertz CT molecular complexity index is 1030. The topological polar surface area (TPSA) is 67.4 Å². The number of halogens is 1. The monoisotopic (exact) mass is 482 g/mol. The number of carbonyl (C=O) groups is 2. The van der Waals surface area contributed by atoms with Crippen molar-refractivity contribution in [3.05, 3.63) is 77.1 Å². The molecule has 2 aromatic rings. The molecular formula is C29H39FN2O3. The van der Waals surface area contributed by atoms with Gasteiger partial charge in [-0.15, -0.1) is 0 Å². The highest BCUT2D eigenvalue weighted by atomic mass is 19.1. The summed E-state index contributed by atoms with van der Waals surface area (Å²) in [4.78, 5) is 26.2. The molecule has 2 aromatic carbocycles. The molecule has 2 unspecified atom stereocenters. The number of benzene rings is 2. The van der Waals surface area contributed by atoms with Crippen LogP contribution in [0, 0.1) is 18.2 Å². The fraction of sp³-hybridized carbons (Fsp3) is 0.448. The van der Waals surface area contributed by atoms with E-state index in [2.05, 4.69) is 38.0 Å². The predicted molar refractivity (Wildman–Crippen MR) is 139 cm³/mol. The molecule has 190 valence electrons. The Balaban J connectivity index is 2.37. The molecule has 2 amide bonds. The second-order valence-corrected chi connectivity index (χ2v) is 11.1. The minimum Gasteiger partial charge on any atom is -0.444 e. The third-order valence-corrected chi connectivity index (χ3v) is 5.51. The molecule has 0 saturated carbocycles. The number of hydrogen-bond acceptors (Lipinski definition) is 3. The summed E-state index contributed by atoms with van der Waals surface area (Å²) in [5.41, 5.74) is 2.15. The molecule has 2 N–H and O–H groups in total. The molecule has 2 atom stereocenters. The van der Waals surface area contributed by atoms with Crippen molar-refractivity contribution in [1.82, 2.24) is 10.6 Å². The fourth-order valence-corrected chi connectivity index (χ4v) is 3.59. The van der Waals surface area contributed by atoms with Crippen LogP contribution in [0.3, 0.4) is 0 Å². The zero-order chi connectivity index (χ0) is 26.4. The van der Waals surface area contributed by atoms with E-state index in [4.69, 9.17) is 4.74 Å². The SMILES string of the molecule is C=Cc1ccc(C(CCC(C)(C)C)NC(=O)C(NC(=O)OC(C)(C)C)c2ccc(F)c(C)c2)cc1. The normalized spacial score (nSPS) is 13.5. The highest BCUT2D eigenvalue weighted by molar-refractivity contribution is 5.87. The number of amides is 2. The predicted octanol–water partition coefficient (Wildman–Crippen LogP) is 7.03. The molecule has 0 aliphatic heterocycles. The van der Waals surface area contributed by atoms with Crippen LogP contribution < -0.4 is 10.6 Å². The van der Waals surface area contributed by atoms with Gasteiger partial charge < -0.3 is 15.4 Å². The van der Waals surface area contributed by atoms with Gasteiger partial charge in [0.05, 0.1) is 6.04 Å². The average molecular weight is 483 g/mol. The average Bonchev–Trinajstić information content (AvgIpc) is 2.75. The van der Waals surface area contributed by atoms with Gasteiger partial charge in [-0.3, -0.25) is 4.79 Å². The summed E-state index contributed by atoms with van der Waals surface area (Å²) in [6.45, 7) is 17.1. The van der Waals surface area contributed by atoms with Gasteiger partial charge in [0.1, 0.15) is 17.5 Å². The molecule has 0 aliphatic carbocycles. The number of hydrogen-bond donors (Lipinski definition) is 2. The third kappa shape index (κ3) is 9.19. The lowest BCUT2D eigenvalue weighted by atomic mass is 9.87. The second-order valence-electron chi connectivity index (χ2n) is 11.1. The van der Waals surface area contributed by atoms with E-state index in [1.807, 2.05) is 24.3 Å². The van der Waals surface area contributed by atoms with E-state index in [0.717, 1.165) is 17.5 Å². The lowest BCUT2D eigenvalue weighted by molar-refractivity contribution is -0.124. The fourth-order valence-electron chi connectivity index (χ4n) is 3.59. The Morgan fingerprint density at radius 1 is 1.00 bits per heavy atom. The maximum absolute atomic E-state index is 13.9. The lowest BCUT2D eigenvalue weighted by Crippen LogP contribution is -2.43. The van der Waals surface area contributed by atoms with Crippen LogP contribution >= 0.6 is 0 Å². The summed E-state index contributed by atoms with van der Waals surface area (Å²) >= 11 is 0. The first kappa shape index (κ1) is 28.1. The summed E-state index contributed by atoms with van der Waals surface area (Å²) in [5.74, 6) is -0.774. The first-order valence-electron chi connectivity index (χ1n) is 12.0. The van der Waals surface area contributed by atoms with Crippen molar-refractivity contribution in [3.8, 4) is 0 Å². The van der Waals surface area contributed by atoms with E-state index in [9.17, 15) is 14.0 Å². The highest BCUT2D eigenvalue weighted by Crippen LogP contribution is 2.29. The summed E-state index contributed by atoms with van der Waals surface area (Å²) in [6.07, 6.45) is 2.64. The van der Waals surface area contributed by atoms with Crippen LogP contribution in [0.1, 0.15) is 88.7 Å². The summed E-state index contributed by atoms with van der Waals surface area (Å²) < 4.78 is 19.3. The molecule has 0 heterocycles. The molecule has 0 fully saturated rings. The van der Waals surface area contributed by atoms with E-state index in [1.54, 1.807) is 39.8 Å². The van der Waals surface area contributed by atoms with E-state index in [1.165, 1.54) is 12.1 Å². The lowest BCUT2D eigenvalue weighted by Gasteiger charge is -2.28. The van der Waals surface area contributed by atoms with Crippen molar-refractivity contribution in [2.75, 3.05) is 0 Å². The van der Waals surface area contributed by atoms with Crippen molar-refractivity contribution in [2.24, 2.45) is 5.41 Å². The number of nitrogens with one attached hydrogen (secondary N) is 2. The quantitative estimate of drug-likeness (QED) is 0.424. The number of ether oxygens (including phenoxy) is 1. The largest absolute Gasteiger partial charge is 0.444 e. The standard InChI is InChI=1S/C29H39FN2O3/c1-9-20-10-12-21(13-11-20)24(16-17-28(3,4)5)31-26(33)25(32-27(34)35-29(6,7)8)22-14-15-23(30)19(2)18-22/h9-15,18,24-25H,1,16-17H2,2-8H3,(H,31,33)(H,32,34). The Morgan fingerprint density at radius 3 is 2.11 bits per heavy atom. The molecule has 0 saturated heterocycles. The van der Waals surface area contributed by atoms with Crippen LogP contribution in [0.25, 0.3) is 6.08 Å². The van der Waals surface area contributed by atoms with Gasteiger partial charge in [0.15, 0.2) is 0 Å². The van der Waals surface area contributed by atoms with Crippen LogP contribution in [0.4, 0.5) is 9.18 Å². The van der Waals surface area contributed by atoms with Crippen molar-refractivity contribution >= 4 is 18.1 Å². The Kier molecular flexibility index (Phi) is 9.24. The van der Waals surface area contributed by atoms with Gasteiger partial charge >= 0.3 is 6.09 Å². The van der Waals surface area contributed by atoms with Crippen molar-refractivity contribution in [1.29, 1.82) is 0 Å². The van der Waals surface area contributed by atoms with Crippen LogP contribution in [-0.2, 0) is 9.53 Å². The van der Waals surface area contributed by atoms with Crippen molar-refractivity contribution < 1.29 is 18.7 Å². The number of aryl methyl sites for hydroxylation is 1. The van der Waals surface area contributed by atoms with E-state index < -0.39 is 23.6 Å². The van der Waals surface area contributed by atoms with Crippen LogP contribution in [0.5, 0.6) is 0 Å². The molecule has 2 rings (SSSR count). The minimum atomic E-state index is -1.05. The van der Waals surface area contributed by atoms with E-state index >= 15 is 0 Å². The zero-order valence-corrected chi connectivity index (χ0v) is 22.0. The summed E-state index contributed by atoms with van der Waals surface area (Å²) in [6, 6.07) is 10.9. The van der Waals surface area contributed by atoms with Crippen molar-refractivity contribution in [2.45, 2.75) is 79.0 Å². The highest BCUT2D eigenvalue weighted by Gasteiger charge is 2.29. The molecule has 6 heteroatoms. The van der Waals surface area contributed by atoms with Gasteiger partial charge in [0, 0.05) is 0 Å². The number of rotatable bonds is 8. The van der Waals surface area contributed by atoms with Gasteiger partial charge in [0.25, 0.3) is 0 Å². The van der Waals surface area contributed by atoms with Crippen LogP contribution in [-0.4, -0.2) is 17.6 Å². The first-order valence-corrected chi connectivity index (χ1v) is 12.0. The smallest absolute Gasteiger partial charge is 0.408 e. The van der Waals surface area contributed by atoms with Gasteiger partial charge in [-0.1, -0.05) is 69.8 Å². The van der Waals surface area contributed by atoms with Gasteiger partial charge in [-0.05, 0) is 74.3 Å². The molecule has 0 aliphatic rings.